The van der Waals surface area contributed by atoms with Crippen LogP contribution in [0.4, 0.5) is 13.2 Å². The summed E-state index contributed by atoms with van der Waals surface area (Å²) >= 11 is 0. The number of alkyl halides is 3. The summed E-state index contributed by atoms with van der Waals surface area (Å²) in [5.74, 6) is 0. The molecule has 0 amide bonds. The molecule has 76 valence electrons. The van der Waals surface area contributed by atoms with Crippen molar-refractivity contribution in [3.8, 4) is 0 Å². The van der Waals surface area contributed by atoms with Crippen LogP contribution in [0.15, 0.2) is 17.7 Å². The van der Waals surface area contributed by atoms with Crippen molar-refractivity contribution in [1.29, 1.82) is 0 Å². The van der Waals surface area contributed by atoms with Gasteiger partial charge in [0, 0.05) is 26.2 Å². The van der Waals surface area contributed by atoms with Gasteiger partial charge in [0.2, 0.25) is 0 Å². The van der Waals surface area contributed by atoms with E-state index in [2.05, 4.69) is 6.08 Å². The summed E-state index contributed by atoms with van der Waals surface area (Å²) in [6.07, 6.45) is 0.801. The first kappa shape index (κ1) is 19.3. The molecule has 0 saturated carbocycles. The van der Waals surface area contributed by atoms with E-state index in [9.17, 15) is 13.2 Å². The summed E-state index contributed by atoms with van der Waals surface area (Å²) in [5, 5.41) is 0. The van der Waals surface area contributed by atoms with Crippen molar-refractivity contribution in [2.45, 2.75) is 19.0 Å². The Labute approximate surface area is 107 Å². The van der Waals surface area contributed by atoms with Crippen LogP contribution in [0.25, 0.3) is 0 Å². The number of hydrogen-bond donors (Lipinski definition) is 0. The van der Waals surface area contributed by atoms with Gasteiger partial charge in [0.15, 0.2) is 6.17 Å². The molecule has 0 bridgehead atoms. The maximum atomic E-state index is 12.3. The zero-order chi connectivity index (χ0) is 7.56. The van der Waals surface area contributed by atoms with Gasteiger partial charge < -0.3 is 0 Å². The van der Waals surface area contributed by atoms with Gasteiger partial charge in [-0.2, -0.15) is 11.6 Å². The monoisotopic (exact) mass is 309 g/mol. The second-order valence-corrected chi connectivity index (χ2v) is 1.97. The van der Waals surface area contributed by atoms with Gasteiger partial charge >= 0.3 is 0 Å². The molecular formula is C7H8Cl2F3Zr-. The maximum Gasteiger partial charge on any atom is 0.270 e. The zero-order valence-corrected chi connectivity index (χ0v) is 10.6. The molecule has 0 fully saturated rings. The van der Waals surface area contributed by atoms with E-state index in [0.29, 0.717) is 6.42 Å². The largest absolute Gasteiger partial charge is 0.270 e. The molecule has 0 N–H and O–H groups in total. The zero-order valence-electron chi connectivity index (χ0n) is 6.47. The van der Waals surface area contributed by atoms with Crippen LogP contribution >= 0.6 is 24.8 Å². The Morgan fingerprint density at radius 2 is 1.77 bits per heavy atom. The van der Waals surface area contributed by atoms with Crippen LogP contribution in [0.3, 0.4) is 0 Å². The molecule has 0 spiro atoms. The predicted molar refractivity (Wildman–Crippen MR) is 45.9 cm³/mol. The molecule has 1 aliphatic carbocycles. The first-order valence-corrected chi connectivity index (χ1v) is 2.91. The molecule has 1 aliphatic rings. The minimum absolute atomic E-state index is 0. The Hall–Kier alpha value is 0.733. The van der Waals surface area contributed by atoms with Gasteiger partial charge in [-0.15, -0.1) is 31.2 Å². The van der Waals surface area contributed by atoms with Crippen LogP contribution in [0.1, 0.15) is 6.42 Å². The van der Waals surface area contributed by atoms with Crippen molar-refractivity contribution in [1.82, 2.24) is 0 Å². The van der Waals surface area contributed by atoms with Crippen LogP contribution in [-0.2, 0) is 26.2 Å². The van der Waals surface area contributed by atoms with Gasteiger partial charge in [0.05, 0.1) is 0 Å². The third-order valence-electron chi connectivity index (χ3n) is 1.24. The number of allylic oxidation sites excluding steroid dienone is 4. The Morgan fingerprint density at radius 3 is 2.08 bits per heavy atom. The van der Waals surface area contributed by atoms with Gasteiger partial charge in [-0.1, -0.05) is 0 Å². The van der Waals surface area contributed by atoms with E-state index in [4.69, 9.17) is 0 Å². The topological polar surface area (TPSA) is 0 Å². The third-order valence-corrected chi connectivity index (χ3v) is 1.24. The summed E-state index contributed by atoms with van der Waals surface area (Å²) in [6.45, 7) is 0. The number of rotatable bonds is 2. The summed E-state index contributed by atoms with van der Waals surface area (Å²) in [4.78, 5) is 0. The summed E-state index contributed by atoms with van der Waals surface area (Å²) in [5.41, 5.74) is -0.0185. The Morgan fingerprint density at radius 1 is 1.23 bits per heavy atom. The second-order valence-electron chi connectivity index (χ2n) is 1.97. The summed E-state index contributed by atoms with van der Waals surface area (Å²) in [7, 11) is 0. The molecule has 0 aromatic carbocycles. The molecule has 0 aliphatic heterocycles. The average Bonchev–Trinajstić information content (AvgIpc) is 2.36. The molecule has 1 atom stereocenters. The molecule has 0 aromatic rings. The molecule has 1 unspecified atom stereocenters. The van der Waals surface area contributed by atoms with Crippen molar-refractivity contribution in [3.05, 3.63) is 23.8 Å². The molecule has 0 aromatic heterocycles. The standard InChI is InChI=1S/C7H6F3.2ClH.Zr/c8-6(7(9)10)5-3-1-2-4-5;;;/h1,3,6-7H,2H2;2*1H;/q-1;;;. The minimum atomic E-state index is -2.93. The molecule has 0 radical (unpaired) electrons. The predicted octanol–water partition coefficient (Wildman–Crippen LogP) is 3.12. The van der Waals surface area contributed by atoms with Crippen LogP contribution in [0.5, 0.6) is 0 Å². The molecule has 0 nitrogen and oxygen atoms in total. The van der Waals surface area contributed by atoms with Crippen LogP contribution in [0, 0.1) is 6.08 Å². The van der Waals surface area contributed by atoms with Crippen LogP contribution in [-0.4, -0.2) is 12.6 Å². The van der Waals surface area contributed by atoms with E-state index >= 15 is 0 Å². The van der Waals surface area contributed by atoms with E-state index in [-0.39, 0.29) is 56.6 Å². The molecule has 13 heavy (non-hydrogen) atoms. The van der Waals surface area contributed by atoms with E-state index in [1.165, 1.54) is 6.08 Å². The third kappa shape index (κ3) is 5.93. The number of halogens is 5. The van der Waals surface area contributed by atoms with Crippen molar-refractivity contribution >= 4 is 24.8 Å². The molecule has 0 heterocycles. The first-order valence-electron chi connectivity index (χ1n) is 2.91. The average molecular weight is 311 g/mol. The SMILES string of the molecule is Cl.Cl.FC(F)C(F)C1=[C-]CC=C1.[Zr]. The fourth-order valence-corrected chi connectivity index (χ4v) is 0.747. The smallest absolute Gasteiger partial charge is 0.266 e. The van der Waals surface area contributed by atoms with Gasteiger partial charge in [-0.3, -0.25) is 6.08 Å². The first-order chi connectivity index (χ1) is 4.72. The quantitative estimate of drug-likeness (QED) is 0.688. The van der Waals surface area contributed by atoms with E-state index < -0.39 is 12.6 Å². The van der Waals surface area contributed by atoms with Crippen molar-refractivity contribution in [3.63, 3.8) is 0 Å². The van der Waals surface area contributed by atoms with Crippen molar-refractivity contribution < 1.29 is 39.4 Å². The fourth-order valence-electron chi connectivity index (χ4n) is 0.747. The van der Waals surface area contributed by atoms with E-state index in [1.54, 1.807) is 6.08 Å². The Bertz CT molecular complexity index is 183. The van der Waals surface area contributed by atoms with Gasteiger partial charge in [0.1, 0.15) is 0 Å². The van der Waals surface area contributed by atoms with Crippen LogP contribution in [0.2, 0.25) is 0 Å². The van der Waals surface area contributed by atoms with Gasteiger partial charge in [0.25, 0.3) is 6.43 Å². The van der Waals surface area contributed by atoms with Crippen molar-refractivity contribution in [2.75, 3.05) is 0 Å². The minimum Gasteiger partial charge on any atom is -0.266 e. The van der Waals surface area contributed by atoms with Crippen molar-refractivity contribution in [2.24, 2.45) is 0 Å². The fraction of sp³-hybridized carbons (Fsp3) is 0.429. The van der Waals surface area contributed by atoms with Gasteiger partial charge in [-0.05, 0) is 0 Å². The molecule has 6 heteroatoms. The maximum absolute atomic E-state index is 12.3. The molecular weight excluding hydrogens is 303 g/mol. The Kier molecular flexibility index (Phi) is 13.8. The van der Waals surface area contributed by atoms with Crippen LogP contribution < -0.4 is 0 Å². The van der Waals surface area contributed by atoms with E-state index in [0.717, 1.165) is 0 Å². The normalized spacial score (nSPS) is 15.2. The van der Waals surface area contributed by atoms with E-state index in [1.807, 2.05) is 0 Å². The number of hydrogen-bond acceptors (Lipinski definition) is 0. The summed E-state index contributed by atoms with van der Waals surface area (Å²) < 4.78 is 35.6. The Balaban J connectivity index is -0.000000333. The second kappa shape index (κ2) is 9.29. The summed E-state index contributed by atoms with van der Waals surface area (Å²) in [6, 6.07) is 0. The molecule has 0 saturated heterocycles. The molecule has 1 rings (SSSR count). The van der Waals surface area contributed by atoms with Gasteiger partial charge in [-0.25, -0.2) is 19.2 Å².